The molecule has 0 aromatic heterocycles. The van der Waals surface area contributed by atoms with Gasteiger partial charge in [-0.25, -0.2) is 0 Å². The zero-order valence-electron chi connectivity index (χ0n) is 16.4. The van der Waals surface area contributed by atoms with E-state index in [0.29, 0.717) is 24.9 Å². The van der Waals surface area contributed by atoms with E-state index < -0.39 is 17.0 Å². The highest BCUT2D eigenvalue weighted by molar-refractivity contribution is 6.77. The summed E-state index contributed by atoms with van der Waals surface area (Å²) >= 11 is 0. The second-order valence-electron chi connectivity index (χ2n) is 7.12. The molecule has 0 heterocycles. The maximum Gasteiger partial charge on any atom is 0.502 e. The molecule has 0 rings (SSSR count). The van der Waals surface area contributed by atoms with Crippen LogP contribution in [0.3, 0.4) is 0 Å². The van der Waals surface area contributed by atoms with Crippen LogP contribution < -0.4 is 0 Å². The first-order valence-corrected chi connectivity index (χ1v) is 13.6. The Kier molecular flexibility index (Phi) is 9.66. The minimum Gasteiger partial charge on any atom is -0.374 e. The third-order valence-corrected chi connectivity index (χ3v) is 13.6. The monoisotopic (exact) mass is 349 g/mol. The number of hydrogen-bond acceptors (Lipinski definition) is 4. The Bertz CT molecular complexity index is 289. The van der Waals surface area contributed by atoms with Crippen molar-refractivity contribution in [1.82, 2.24) is 4.57 Å². The summed E-state index contributed by atoms with van der Waals surface area (Å²) in [5.74, 6) is 0. The second-order valence-corrected chi connectivity index (χ2v) is 15.1. The molecule has 4 nitrogen and oxygen atoms in total. The smallest absolute Gasteiger partial charge is 0.374 e. The van der Waals surface area contributed by atoms with Crippen molar-refractivity contribution in [2.75, 3.05) is 32.9 Å². The predicted octanol–water partition coefficient (Wildman–Crippen LogP) is 4.36. The molecule has 0 aromatic carbocycles. The van der Waals surface area contributed by atoms with Crippen molar-refractivity contribution in [1.29, 1.82) is 0 Å². The van der Waals surface area contributed by atoms with Crippen LogP contribution in [0.25, 0.3) is 0 Å². The maximum absolute atomic E-state index is 5.99. The summed E-state index contributed by atoms with van der Waals surface area (Å²) in [5, 5.41) is 0.343. The molecule has 0 bridgehead atoms. The summed E-state index contributed by atoms with van der Waals surface area (Å²) in [6.07, 6.45) is 0. The Morgan fingerprint density at radius 1 is 0.818 bits per heavy atom. The molecule has 134 valence electrons. The zero-order chi connectivity index (χ0) is 17.4. The van der Waals surface area contributed by atoms with Crippen molar-refractivity contribution in [3.63, 3.8) is 0 Å². The van der Waals surface area contributed by atoms with Gasteiger partial charge in [-0.3, -0.25) is 0 Å². The normalized spacial score (nSPS) is 13.9. The minimum absolute atomic E-state index is 0.343. The summed E-state index contributed by atoms with van der Waals surface area (Å²) in [6.45, 7) is 24.3. The molecule has 0 saturated heterocycles. The van der Waals surface area contributed by atoms with E-state index in [-0.39, 0.29) is 0 Å². The van der Waals surface area contributed by atoms with Crippen LogP contribution in [0, 0.1) is 0 Å². The van der Waals surface area contributed by atoms with E-state index in [2.05, 4.69) is 45.4 Å². The lowest BCUT2D eigenvalue weighted by Gasteiger charge is -2.46. The number of nitrogens with zero attached hydrogens (tertiary/aromatic N) is 1. The van der Waals surface area contributed by atoms with Gasteiger partial charge in [0, 0.05) is 25.9 Å². The first kappa shape index (κ1) is 22.3. The first-order valence-electron chi connectivity index (χ1n) is 8.77. The predicted molar refractivity (Wildman–Crippen MR) is 99.9 cm³/mol. The Balaban J connectivity index is 5.07. The summed E-state index contributed by atoms with van der Waals surface area (Å²) in [4.78, 5) is 0. The highest BCUT2D eigenvalue weighted by Gasteiger charge is 2.44. The van der Waals surface area contributed by atoms with Crippen molar-refractivity contribution >= 4 is 17.0 Å². The Labute approximate surface area is 141 Å². The molecule has 0 unspecified atom stereocenters. The van der Waals surface area contributed by atoms with Gasteiger partial charge >= 0.3 is 8.80 Å². The standard InChI is InChI=1S/C16H39NO3Si2/c1-10-17(21(8,9)16(5,6)7)14-15-22(18-11-2,19-12-3)20-13-4/h10-15H2,1-9H3. The molecular formula is C16H39NO3Si2. The molecule has 0 atom stereocenters. The molecule has 22 heavy (non-hydrogen) atoms. The van der Waals surface area contributed by atoms with E-state index in [4.69, 9.17) is 13.3 Å². The van der Waals surface area contributed by atoms with Crippen LogP contribution in [0.4, 0.5) is 0 Å². The van der Waals surface area contributed by atoms with Crippen molar-refractivity contribution in [2.24, 2.45) is 0 Å². The number of hydrogen-bond donors (Lipinski definition) is 0. The SMILES string of the molecule is CCO[Si](CCN(CC)[Si](C)(C)C(C)(C)C)(OCC)OCC. The average Bonchev–Trinajstić information content (AvgIpc) is 2.38. The van der Waals surface area contributed by atoms with Crippen LogP contribution in [0.15, 0.2) is 0 Å². The fourth-order valence-electron chi connectivity index (χ4n) is 2.58. The lowest BCUT2D eigenvalue weighted by atomic mass is 10.2. The maximum atomic E-state index is 5.99. The van der Waals surface area contributed by atoms with Crippen molar-refractivity contribution in [3.05, 3.63) is 0 Å². The molecule has 0 aliphatic rings. The lowest BCUT2D eigenvalue weighted by molar-refractivity contribution is 0.0699. The molecule has 0 aromatic rings. The molecule has 0 aliphatic carbocycles. The highest BCUT2D eigenvalue weighted by Crippen LogP contribution is 2.38. The third kappa shape index (κ3) is 6.05. The van der Waals surface area contributed by atoms with Crippen LogP contribution in [0.5, 0.6) is 0 Å². The van der Waals surface area contributed by atoms with E-state index in [9.17, 15) is 0 Å². The average molecular weight is 350 g/mol. The fourth-order valence-corrected chi connectivity index (χ4v) is 7.76. The van der Waals surface area contributed by atoms with Gasteiger partial charge in [0.2, 0.25) is 0 Å². The second kappa shape index (κ2) is 9.54. The summed E-state index contributed by atoms with van der Waals surface area (Å²) in [5.41, 5.74) is 0. The molecule has 0 aliphatic heterocycles. The van der Waals surface area contributed by atoms with Crippen LogP contribution >= 0.6 is 0 Å². The lowest BCUT2D eigenvalue weighted by Crippen LogP contribution is -2.57. The van der Waals surface area contributed by atoms with Gasteiger partial charge in [0.05, 0.1) is 0 Å². The fraction of sp³-hybridized carbons (Fsp3) is 1.00. The minimum atomic E-state index is -2.53. The Morgan fingerprint density at radius 3 is 1.50 bits per heavy atom. The van der Waals surface area contributed by atoms with Gasteiger partial charge in [0.1, 0.15) is 8.24 Å². The van der Waals surface area contributed by atoms with Gasteiger partial charge in [-0.1, -0.05) is 40.8 Å². The molecule has 6 heteroatoms. The number of rotatable bonds is 11. The van der Waals surface area contributed by atoms with Crippen LogP contribution in [-0.2, 0) is 13.3 Å². The Hall–Kier alpha value is 0.274. The van der Waals surface area contributed by atoms with E-state index in [1.54, 1.807) is 0 Å². The molecule has 0 N–H and O–H groups in total. The Morgan fingerprint density at radius 2 is 1.23 bits per heavy atom. The van der Waals surface area contributed by atoms with E-state index >= 15 is 0 Å². The van der Waals surface area contributed by atoms with Gasteiger partial charge in [-0.05, 0) is 38.9 Å². The largest absolute Gasteiger partial charge is 0.502 e. The molecule has 0 fully saturated rings. The highest BCUT2D eigenvalue weighted by atomic mass is 28.4. The third-order valence-electron chi connectivity index (χ3n) is 4.79. The van der Waals surface area contributed by atoms with Gasteiger partial charge in [0.25, 0.3) is 0 Å². The van der Waals surface area contributed by atoms with Crippen LogP contribution in [0.1, 0.15) is 48.5 Å². The van der Waals surface area contributed by atoms with E-state index in [1.807, 2.05) is 20.8 Å². The van der Waals surface area contributed by atoms with E-state index in [0.717, 1.165) is 19.1 Å². The molecular weight excluding hydrogens is 310 g/mol. The van der Waals surface area contributed by atoms with Crippen LogP contribution in [-0.4, -0.2) is 54.5 Å². The summed E-state index contributed by atoms with van der Waals surface area (Å²) in [7, 11) is -4.05. The molecule has 0 saturated carbocycles. The quantitative estimate of drug-likeness (QED) is 0.519. The summed E-state index contributed by atoms with van der Waals surface area (Å²) in [6, 6.07) is 0.878. The van der Waals surface area contributed by atoms with Gasteiger partial charge in [-0.15, -0.1) is 0 Å². The van der Waals surface area contributed by atoms with Crippen molar-refractivity contribution in [2.45, 2.75) is 72.6 Å². The van der Waals surface area contributed by atoms with Gasteiger partial charge in [0.15, 0.2) is 0 Å². The topological polar surface area (TPSA) is 30.9 Å². The van der Waals surface area contributed by atoms with Gasteiger partial charge in [-0.2, -0.15) is 0 Å². The van der Waals surface area contributed by atoms with Crippen molar-refractivity contribution < 1.29 is 13.3 Å². The molecule has 0 amide bonds. The zero-order valence-corrected chi connectivity index (χ0v) is 18.4. The van der Waals surface area contributed by atoms with Crippen molar-refractivity contribution in [3.8, 4) is 0 Å². The summed E-state index contributed by atoms with van der Waals surface area (Å²) < 4.78 is 20.6. The first-order chi connectivity index (χ1) is 10.1. The van der Waals surface area contributed by atoms with E-state index in [1.165, 1.54) is 0 Å². The van der Waals surface area contributed by atoms with Crippen LogP contribution in [0.2, 0.25) is 24.2 Å². The van der Waals surface area contributed by atoms with Gasteiger partial charge < -0.3 is 17.8 Å². The molecule has 0 spiro atoms. The molecule has 0 radical (unpaired) electrons.